The Balaban J connectivity index is 2.39. The Morgan fingerprint density at radius 3 is 2.35 bits per heavy atom. The zero-order valence-electron chi connectivity index (χ0n) is 14.4. The second-order valence-electron chi connectivity index (χ2n) is 5.94. The summed E-state index contributed by atoms with van der Waals surface area (Å²) in [4.78, 5) is 28.3. The van der Waals surface area contributed by atoms with Crippen molar-refractivity contribution in [2.45, 2.75) is 40.0 Å². The molecule has 1 aromatic carbocycles. The summed E-state index contributed by atoms with van der Waals surface area (Å²) >= 11 is 0. The van der Waals surface area contributed by atoms with Crippen LogP contribution in [0.3, 0.4) is 0 Å². The first-order valence-corrected chi connectivity index (χ1v) is 8.52. The lowest BCUT2D eigenvalue weighted by Crippen LogP contribution is -2.35. The first-order valence-electron chi connectivity index (χ1n) is 8.52. The van der Waals surface area contributed by atoms with Crippen molar-refractivity contribution in [3.8, 4) is 0 Å². The van der Waals surface area contributed by atoms with Gasteiger partial charge in [0.1, 0.15) is 0 Å². The lowest BCUT2D eigenvalue weighted by molar-refractivity contribution is -0.114. The van der Waals surface area contributed by atoms with Crippen LogP contribution in [0.4, 0.5) is 11.4 Å². The standard InChI is InChI=1S/C18H27N3O2/c1-4-20(5-2)18(23)16-13-15(19-14(3)22)9-10-17(16)21-11-7-6-8-12-21/h9-10,13H,4-8,11-12H2,1-3H3,(H,19,22). The van der Waals surface area contributed by atoms with E-state index < -0.39 is 0 Å². The number of benzene rings is 1. The van der Waals surface area contributed by atoms with Crippen LogP contribution in [0.1, 0.15) is 50.4 Å². The molecule has 5 heteroatoms. The van der Waals surface area contributed by atoms with Crippen molar-refractivity contribution in [1.29, 1.82) is 0 Å². The Hall–Kier alpha value is -2.04. The van der Waals surface area contributed by atoms with E-state index in [1.807, 2.05) is 36.9 Å². The maximum absolute atomic E-state index is 12.9. The number of nitrogens with zero attached hydrogens (tertiary/aromatic N) is 2. The third-order valence-corrected chi connectivity index (χ3v) is 4.29. The predicted octanol–water partition coefficient (Wildman–Crippen LogP) is 3.12. The molecule has 0 bridgehead atoms. The minimum absolute atomic E-state index is 0.0303. The highest BCUT2D eigenvalue weighted by atomic mass is 16.2. The van der Waals surface area contributed by atoms with E-state index in [0.29, 0.717) is 24.3 Å². The minimum atomic E-state index is -0.128. The number of carbonyl (C=O) groups excluding carboxylic acids is 2. The van der Waals surface area contributed by atoms with E-state index in [-0.39, 0.29) is 11.8 Å². The molecule has 1 fully saturated rings. The molecule has 0 spiro atoms. The van der Waals surface area contributed by atoms with Crippen LogP contribution in [-0.4, -0.2) is 42.9 Å². The van der Waals surface area contributed by atoms with E-state index in [1.165, 1.54) is 13.3 Å². The number of amides is 2. The predicted molar refractivity (Wildman–Crippen MR) is 94.1 cm³/mol. The lowest BCUT2D eigenvalue weighted by Gasteiger charge is -2.31. The van der Waals surface area contributed by atoms with E-state index in [1.54, 1.807) is 0 Å². The molecule has 1 saturated heterocycles. The van der Waals surface area contributed by atoms with Gasteiger partial charge in [-0.15, -0.1) is 0 Å². The summed E-state index contributed by atoms with van der Waals surface area (Å²) < 4.78 is 0. The Labute approximate surface area is 138 Å². The molecule has 2 amide bonds. The van der Waals surface area contributed by atoms with E-state index in [4.69, 9.17) is 0 Å². The van der Waals surface area contributed by atoms with E-state index in [9.17, 15) is 9.59 Å². The molecule has 0 atom stereocenters. The van der Waals surface area contributed by atoms with Gasteiger partial charge in [0.15, 0.2) is 0 Å². The number of nitrogens with one attached hydrogen (secondary N) is 1. The number of hydrogen-bond donors (Lipinski definition) is 1. The largest absolute Gasteiger partial charge is 0.371 e. The van der Waals surface area contributed by atoms with Crippen LogP contribution in [0.25, 0.3) is 0 Å². The van der Waals surface area contributed by atoms with E-state index in [0.717, 1.165) is 31.6 Å². The van der Waals surface area contributed by atoms with Crippen LogP contribution in [-0.2, 0) is 4.79 Å². The molecule has 1 aliphatic heterocycles. The second kappa shape index (κ2) is 7.99. The smallest absolute Gasteiger partial charge is 0.256 e. The van der Waals surface area contributed by atoms with Crippen LogP contribution >= 0.6 is 0 Å². The summed E-state index contributed by atoms with van der Waals surface area (Å²) in [6.07, 6.45) is 3.57. The zero-order chi connectivity index (χ0) is 16.8. The van der Waals surface area contributed by atoms with Crippen LogP contribution < -0.4 is 10.2 Å². The molecule has 2 rings (SSSR count). The summed E-state index contributed by atoms with van der Waals surface area (Å²) in [6, 6.07) is 5.66. The number of anilines is 2. The Morgan fingerprint density at radius 1 is 1.13 bits per heavy atom. The quantitative estimate of drug-likeness (QED) is 0.908. The molecule has 0 radical (unpaired) electrons. The van der Waals surface area contributed by atoms with Gasteiger partial charge < -0.3 is 15.1 Å². The van der Waals surface area contributed by atoms with Gasteiger partial charge in [0.05, 0.1) is 5.56 Å². The van der Waals surface area contributed by atoms with E-state index >= 15 is 0 Å². The van der Waals surface area contributed by atoms with Crippen LogP contribution in [0.2, 0.25) is 0 Å². The maximum atomic E-state index is 12.9. The second-order valence-corrected chi connectivity index (χ2v) is 5.94. The first-order chi connectivity index (χ1) is 11.1. The molecule has 1 aromatic rings. The van der Waals surface area contributed by atoms with Gasteiger partial charge in [-0.25, -0.2) is 0 Å². The number of carbonyl (C=O) groups is 2. The molecule has 0 aromatic heterocycles. The summed E-state index contributed by atoms with van der Waals surface area (Å²) in [5, 5.41) is 2.78. The number of hydrogen-bond acceptors (Lipinski definition) is 3. The van der Waals surface area contributed by atoms with Gasteiger partial charge in [0.25, 0.3) is 5.91 Å². The fraction of sp³-hybridized carbons (Fsp3) is 0.556. The Kier molecular flexibility index (Phi) is 6.02. The van der Waals surface area contributed by atoms with Gasteiger partial charge in [0.2, 0.25) is 5.91 Å². The molecule has 1 aliphatic rings. The zero-order valence-corrected chi connectivity index (χ0v) is 14.4. The minimum Gasteiger partial charge on any atom is -0.371 e. The van der Waals surface area contributed by atoms with Crippen LogP contribution in [0.5, 0.6) is 0 Å². The SMILES string of the molecule is CCN(CC)C(=O)c1cc(NC(C)=O)ccc1N1CCCCC1. The van der Waals surface area contributed by atoms with Gasteiger partial charge in [-0.1, -0.05) is 0 Å². The number of piperidine rings is 1. The molecule has 0 saturated carbocycles. The molecular formula is C18H27N3O2. The summed E-state index contributed by atoms with van der Waals surface area (Å²) in [5.41, 5.74) is 2.34. The van der Waals surface area contributed by atoms with Gasteiger partial charge >= 0.3 is 0 Å². The monoisotopic (exact) mass is 317 g/mol. The maximum Gasteiger partial charge on any atom is 0.256 e. The average Bonchev–Trinajstić information content (AvgIpc) is 2.56. The van der Waals surface area contributed by atoms with Gasteiger partial charge in [-0.2, -0.15) is 0 Å². The van der Waals surface area contributed by atoms with Crippen molar-refractivity contribution in [2.24, 2.45) is 0 Å². The van der Waals surface area contributed by atoms with Gasteiger partial charge in [-0.05, 0) is 51.3 Å². The lowest BCUT2D eigenvalue weighted by atomic mass is 10.1. The Morgan fingerprint density at radius 2 is 1.78 bits per heavy atom. The average molecular weight is 317 g/mol. The van der Waals surface area contributed by atoms with Crippen LogP contribution in [0, 0.1) is 0 Å². The van der Waals surface area contributed by atoms with Gasteiger partial charge in [0, 0.05) is 44.5 Å². The van der Waals surface area contributed by atoms with E-state index in [2.05, 4.69) is 10.2 Å². The third kappa shape index (κ3) is 4.24. The molecule has 5 nitrogen and oxygen atoms in total. The van der Waals surface area contributed by atoms with Crippen molar-refractivity contribution in [3.63, 3.8) is 0 Å². The molecule has 1 N–H and O–H groups in total. The third-order valence-electron chi connectivity index (χ3n) is 4.29. The molecule has 0 aliphatic carbocycles. The summed E-state index contributed by atoms with van der Waals surface area (Å²) in [6.45, 7) is 8.78. The fourth-order valence-electron chi connectivity index (χ4n) is 3.08. The summed E-state index contributed by atoms with van der Waals surface area (Å²) in [7, 11) is 0. The fourth-order valence-corrected chi connectivity index (χ4v) is 3.08. The van der Waals surface area contributed by atoms with Crippen molar-refractivity contribution in [3.05, 3.63) is 23.8 Å². The topological polar surface area (TPSA) is 52.7 Å². The molecule has 23 heavy (non-hydrogen) atoms. The van der Waals surface area contributed by atoms with Crippen molar-refractivity contribution in [2.75, 3.05) is 36.4 Å². The van der Waals surface area contributed by atoms with Crippen LogP contribution in [0.15, 0.2) is 18.2 Å². The van der Waals surface area contributed by atoms with Gasteiger partial charge in [-0.3, -0.25) is 9.59 Å². The van der Waals surface area contributed by atoms with Crippen molar-refractivity contribution < 1.29 is 9.59 Å². The highest BCUT2D eigenvalue weighted by Crippen LogP contribution is 2.28. The first kappa shape index (κ1) is 17.3. The molecule has 126 valence electrons. The van der Waals surface area contributed by atoms with Crippen molar-refractivity contribution in [1.82, 2.24) is 4.90 Å². The number of rotatable bonds is 5. The van der Waals surface area contributed by atoms with Crippen molar-refractivity contribution >= 4 is 23.2 Å². The molecular weight excluding hydrogens is 290 g/mol. The summed E-state index contributed by atoms with van der Waals surface area (Å²) in [5.74, 6) is -0.0975. The highest BCUT2D eigenvalue weighted by molar-refractivity contribution is 6.02. The normalized spacial score (nSPS) is 14.5. The molecule has 1 heterocycles. The Bertz CT molecular complexity index is 561. The highest BCUT2D eigenvalue weighted by Gasteiger charge is 2.22. The molecule has 0 unspecified atom stereocenters.